The van der Waals surface area contributed by atoms with Crippen LogP contribution in [0.4, 0.5) is 0 Å². The Bertz CT molecular complexity index is 427. The minimum Gasteiger partial charge on any atom is -0.311 e. The van der Waals surface area contributed by atoms with Gasteiger partial charge in [-0.1, -0.05) is 19.3 Å². The molecule has 0 radical (unpaired) electrons. The summed E-state index contributed by atoms with van der Waals surface area (Å²) in [6.07, 6.45) is 13.8. The maximum atomic E-state index is 4.39. The minimum absolute atomic E-state index is 0.318. The molecule has 20 heavy (non-hydrogen) atoms. The van der Waals surface area contributed by atoms with Crippen LogP contribution in [-0.2, 0) is 7.05 Å². The third kappa shape index (κ3) is 2.40. The summed E-state index contributed by atoms with van der Waals surface area (Å²) >= 11 is 0. The standard InChI is InChI=1S/C16H28N4/c1-17-15(14-12-18-19(2)13-14)16(8-4-5-9-16)20-10-6-3-7-11-20/h12-13,15,17H,3-11H2,1-2H3. The molecule has 1 N–H and O–H groups in total. The van der Waals surface area contributed by atoms with Gasteiger partial charge < -0.3 is 5.32 Å². The maximum Gasteiger partial charge on any atom is 0.0538 e. The Morgan fingerprint density at radius 3 is 2.40 bits per heavy atom. The Labute approximate surface area is 122 Å². The molecule has 1 saturated heterocycles. The lowest BCUT2D eigenvalue weighted by Crippen LogP contribution is -2.56. The molecule has 112 valence electrons. The highest BCUT2D eigenvalue weighted by atomic mass is 15.3. The Balaban J connectivity index is 1.91. The van der Waals surface area contributed by atoms with Gasteiger partial charge in [-0.25, -0.2) is 0 Å². The molecule has 0 spiro atoms. The van der Waals surface area contributed by atoms with Crippen molar-refractivity contribution in [2.75, 3.05) is 20.1 Å². The molecule has 1 aliphatic heterocycles. The molecule has 0 aromatic carbocycles. The molecular formula is C16H28N4. The number of likely N-dealkylation sites (tertiary alicyclic amines) is 1. The molecule has 1 aromatic rings. The van der Waals surface area contributed by atoms with Gasteiger partial charge in [0.15, 0.2) is 0 Å². The number of nitrogens with zero attached hydrogens (tertiary/aromatic N) is 3. The molecule has 0 amide bonds. The van der Waals surface area contributed by atoms with Gasteiger partial charge in [-0.3, -0.25) is 9.58 Å². The fourth-order valence-electron chi connectivity index (χ4n) is 4.45. The maximum absolute atomic E-state index is 4.39. The third-order valence-electron chi connectivity index (χ3n) is 5.34. The van der Waals surface area contributed by atoms with Gasteiger partial charge in [-0.05, 0) is 45.8 Å². The second kappa shape index (κ2) is 5.86. The van der Waals surface area contributed by atoms with Crippen LogP contribution in [0.15, 0.2) is 12.4 Å². The first-order chi connectivity index (χ1) is 9.76. The Morgan fingerprint density at radius 2 is 1.85 bits per heavy atom. The fourth-order valence-corrected chi connectivity index (χ4v) is 4.45. The molecule has 1 unspecified atom stereocenters. The van der Waals surface area contributed by atoms with E-state index in [-0.39, 0.29) is 0 Å². The number of rotatable bonds is 4. The number of aromatic nitrogens is 2. The van der Waals surface area contributed by atoms with Gasteiger partial charge in [0.1, 0.15) is 0 Å². The minimum atomic E-state index is 0.318. The number of likely N-dealkylation sites (N-methyl/N-ethyl adjacent to an activating group) is 1. The highest BCUT2D eigenvalue weighted by molar-refractivity contribution is 5.19. The van der Waals surface area contributed by atoms with Crippen LogP contribution >= 0.6 is 0 Å². The van der Waals surface area contributed by atoms with Gasteiger partial charge in [-0.2, -0.15) is 5.10 Å². The summed E-state index contributed by atoms with van der Waals surface area (Å²) in [6, 6.07) is 0.414. The summed E-state index contributed by atoms with van der Waals surface area (Å²) in [5.41, 5.74) is 1.67. The van der Waals surface area contributed by atoms with Crippen molar-refractivity contribution < 1.29 is 0 Å². The second-order valence-electron chi connectivity index (χ2n) is 6.53. The highest BCUT2D eigenvalue weighted by Gasteiger charge is 2.46. The number of aryl methyl sites for hydroxylation is 1. The van der Waals surface area contributed by atoms with E-state index >= 15 is 0 Å². The van der Waals surface area contributed by atoms with Crippen LogP contribution in [0.25, 0.3) is 0 Å². The van der Waals surface area contributed by atoms with Crippen LogP contribution in [0, 0.1) is 0 Å². The summed E-state index contributed by atoms with van der Waals surface area (Å²) in [7, 11) is 4.13. The molecule has 2 aliphatic rings. The van der Waals surface area contributed by atoms with E-state index in [1.165, 1.54) is 63.6 Å². The molecule has 2 fully saturated rings. The molecule has 1 aromatic heterocycles. The van der Waals surface area contributed by atoms with E-state index in [2.05, 4.69) is 28.6 Å². The summed E-state index contributed by atoms with van der Waals surface area (Å²) in [5.74, 6) is 0. The third-order valence-corrected chi connectivity index (χ3v) is 5.34. The normalized spacial score (nSPS) is 24.9. The van der Waals surface area contributed by atoms with Gasteiger partial charge in [0.25, 0.3) is 0 Å². The summed E-state index contributed by atoms with van der Waals surface area (Å²) < 4.78 is 1.93. The van der Waals surface area contributed by atoms with Crippen LogP contribution in [0.1, 0.15) is 56.6 Å². The average Bonchev–Trinajstić information content (AvgIpc) is 3.12. The van der Waals surface area contributed by atoms with Crippen molar-refractivity contribution in [2.45, 2.75) is 56.5 Å². The smallest absolute Gasteiger partial charge is 0.0538 e. The predicted molar refractivity (Wildman–Crippen MR) is 81.6 cm³/mol. The van der Waals surface area contributed by atoms with Crippen molar-refractivity contribution in [3.63, 3.8) is 0 Å². The summed E-state index contributed by atoms with van der Waals surface area (Å²) in [6.45, 7) is 2.55. The van der Waals surface area contributed by atoms with Gasteiger partial charge in [0.05, 0.1) is 12.2 Å². The first kappa shape index (κ1) is 14.1. The second-order valence-corrected chi connectivity index (χ2v) is 6.53. The molecule has 4 heteroatoms. The molecular weight excluding hydrogens is 248 g/mol. The summed E-state index contributed by atoms with van der Waals surface area (Å²) in [4.78, 5) is 2.79. The van der Waals surface area contributed by atoms with Crippen LogP contribution < -0.4 is 5.32 Å². The molecule has 1 saturated carbocycles. The molecule has 0 bridgehead atoms. The number of hydrogen-bond donors (Lipinski definition) is 1. The van der Waals surface area contributed by atoms with Crippen LogP contribution in [0.2, 0.25) is 0 Å². The van der Waals surface area contributed by atoms with Crippen molar-refractivity contribution in [2.24, 2.45) is 7.05 Å². The zero-order chi connectivity index (χ0) is 14.0. The van der Waals surface area contributed by atoms with Crippen LogP contribution in [-0.4, -0.2) is 40.4 Å². The zero-order valence-electron chi connectivity index (χ0n) is 12.9. The van der Waals surface area contributed by atoms with E-state index in [1.54, 1.807) is 0 Å². The predicted octanol–water partition coefficient (Wildman–Crippen LogP) is 2.48. The molecule has 1 atom stereocenters. The Morgan fingerprint density at radius 1 is 1.15 bits per heavy atom. The first-order valence-electron chi connectivity index (χ1n) is 8.17. The first-order valence-corrected chi connectivity index (χ1v) is 8.17. The largest absolute Gasteiger partial charge is 0.311 e. The molecule has 4 nitrogen and oxygen atoms in total. The van der Waals surface area contributed by atoms with E-state index in [9.17, 15) is 0 Å². The fraction of sp³-hybridized carbons (Fsp3) is 0.812. The SMILES string of the molecule is CNC(c1cnn(C)c1)C1(N2CCCCC2)CCCC1. The number of piperidine rings is 1. The monoisotopic (exact) mass is 276 g/mol. The van der Waals surface area contributed by atoms with Crippen LogP contribution in [0.3, 0.4) is 0 Å². The van der Waals surface area contributed by atoms with E-state index in [0.29, 0.717) is 11.6 Å². The van der Waals surface area contributed by atoms with E-state index in [4.69, 9.17) is 0 Å². The van der Waals surface area contributed by atoms with Crippen molar-refractivity contribution >= 4 is 0 Å². The average molecular weight is 276 g/mol. The van der Waals surface area contributed by atoms with E-state index in [1.807, 2.05) is 17.9 Å². The van der Waals surface area contributed by atoms with E-state index < -0.39 is 0 Å². The molecule has 2 heterocycles. The summed E-state index contributed by atoms with van der Waals surface area (Å²) in [5, 5.41) is 8.01. The van der Waals surface area contributed by atoms with Crippen molar-refractivity contribution in [1.82, 2.24) is 20.0 Å². The van der Waals surface area contributed by atoms with Gasteiger partial charge in [0, 0.05) is 24.3 Å². The lowest BCUT2D eigenvalue weighted by atomic mass is 9.81. The lowest BCUT2D eigenvalue weighted by Gasteiger charge is -2.48. The van der Waals surface area contributed by atoms with Gasteiger partial charge in [-0.15, -0.1) is 0 Å². The van der Waals surface area contributed by atoms with Crippen LogP contribution in [0.5, 0.6) is 0 Å². The van der Waals surface area contributed by atoms with Gasteiger partial charge >= 0.3 is 0 Å². The van der Waals surface area contributed by atoms with Crippen molar-refractivity contribution in [1.29, 1.82) is 0 Å². The highest BCUT2D eigenvalue weighted by Crippen LogP contribution is 2.45. The van der Waals surface area contributed by atoms with Gasteiger partial charge in [0.2, 0.25) is 0 Å². The number of hydrogen-bond acceptors (Lipinski definition) is 3. The molecule has 3 rings (SSSR count). The topological polar surface area (TPSA) is 33.1 Å². The lowest BCUT2D eigenvalue weighted by molar-refractivity contribution is 0.0383. The molecule has 1 aliphatic carbocycles. The quantitative estimate of drug-likeness (QED) is 0.917. The Kier molecular flexibility index (Phi) is 4.13. The van der Waals surface area contributed by atoms with Crippen molar-refractivity contribution in [3.8, 4) is 0 Å². The van der Waals surface area contributed by atoms with E-state index in [0.717, 1.165) is 0 Å². The zero-order valence-corrected chi connectivity index (χ0v) is 12.9. The number of nitrogens with one attached hydrogen (secondary N) is 1. The Hall–Kier alpha value is -0.870. The van der Waals surface area contributed by atoms with Crippen molar-refractivity contribution in [3.05, 3.63) is 18.0 Å².